The Morgan fingerprint density at radius 2 is 2.00 bits per heavy atom. The number of hydrogen-bond acceptors (Lipinski definition) is 3. The van der Waals surface area contributed by atoms with Crippen molar-refractivity contribution in [2.75, 3.05) is 32.8 Å². The second kappa shape index (κ2) is 8.70. The summed E-state index contributed by atoms with van der Waals surface area (Å²) in [6, 6.07) is 14.8. The Hall–Kier alpha value is -1.55. The zero-order valence-corrected chi connectivity index (χ0v) is 15.9. The van der Waals surface area contributed by atoms with Crippen LogP contribution in [0.4, 0.5) is 0 Å². The Morgan fingerprint density at radius 3 is 2.76 bits per heavy atom. The van der Waals surface area contributed by atoms with Crippen LogP contribution in [0.25, 0.3) is 0 Å². The van der Waals surface area contributed by atoms with Crippen LogP contribution in [0.1, 0.15) is 36.6 Å². The molecule has 0 fully saturated rings. The topological polar surface area (TPSA) is 24.5 Å². The van der Waals surface area contributed by atoms with Gasteiger partial charge in [0, 0.05) is 18.1 Å². The largest absolute Gasteiger partial charge is 0.492 e. The molecule has 1 N–H and O–H groups in total. The second-order valence-electron chi connectivity index (χ2n) is 6.43. The standard InChI is InChI=1S/C21H27ClN2O/c1-3-24(4-2)12-13-25-19-8-9-20-16(15-19)10-11-23-21(20)17-6-5-7-18(22)14-17/h5-9,14-15,21,23H,3-4,10-13H2,1-2H3. The van der Waals surface area contributed by atoms with Gasteiger partial charge in [0.05, 0.1) is 6.04 Å². The Labute approximate surface area is 155 Å². The third-order valence-corrected chi connectivity index (χ3v) is 5.16. The molecule has 0 aliphatic carbocycles. The van der Waals surface area contributed by atoms with Crippen molar-refractivity contribution >= 4 is 11.6 Å². The van der Waals surface area contributed by atoms with Gasteiger partial charge in [-0.15, -0.1) is 0 Å². The van der Waals surface area contributed by atoms with Crippen LogP contribution >= 0.6 is 11.6 Å². The molecule has 25 heavy (non-hydrogen) atoms. The lowest BCUT2D eigenvalue weighted by Crippen LogP contribution is -2.30. The summed E-state index contributed by atoms with van der Waals surface area (Å²) >= 11 is 6.17. The summed E-state index contributed by atoms with van der Waals surface area (Å²) in [5.74, 6) is 0.970. The highest BCUT2D eigenvalue weighted by Gasteiger charge is 2.21. The van der Waals surface area contributed by atoms with Gasteiger partial charge in [-0.25, -0.2) is 0 Å². The van der Waals surface area contributed by atoms with Crippen LogP contribution in [0, 0.1) is 0 Å². The SMILES string of the molecule is CCN(CC)CCOc1ccc2c(c1)CCNC2c1cccc(Cl)c1. The van der Waals surface area contributed by atoms with Crippen molar-refractivity contribution in [2.45, 2.75) is 26.3 Å². The number of hydrogen-bond donors (Lipinski definition) is 1. The lowest BCUT2D eigenvalue weighted by Gasteiger charge is -2.28. The molecule has 1 atom stereocenters. The zero-order chi connectivity index (χ0) is 17.6. The predicted molar refractivity (Wildman–Crippen MR) is 105 cm³/mol. The molecule has 3 nitrogen and oxygen atoms in total. The molecule has 0 radical (unpaired) electrons. The quantitative estimate of drug-likeness (QED) is 0.798. The van der Waals surface area contributed by atoms with E-state index in [1.807, 2.05) is 18.2 Å². The zero-order valence-electron chi connectivity index (χ0n) is 15.1. The summed E-state index contributed by atoms with van der Waals surface area (Å²) in [6.07, 6.45) is 1.03. The molecule has 0 saturated carbocycles. The molecular weight excluding hydrogens is 332 g/mol. The normalized spacial score (nSPS) is 16.7. The van der Waals surface area contributed by atoms with E-state index in [9.17, 15) is 0 Å². The predicted octanol–water partition coefficient (Wildman–Crippen LogP) is 4.30. The third-order valence-electron chi connectivity index (χ3n) is 4.92. The maximum Gasteiger partial charge on any atom is 0.119 e. The number of fused-ring (bicyclic) bond motifs is 1. The second-order valence-corrected chi connectivity index (χ2v) is 6.86. The van der Waals surface area contributed by atoms with Gasteiger partial charge in [-0.3, -0.25) is 0 Å². The highest BCUT2D eigenvalue weighted by molar-refractivity contribution is 6.30. The summed E-state index contributed by atoms with van der Waals surface area (Å²) in [5, 5.41) is 4.39. The van der Waals surface area contributed by atoms with Gasteiger partial charge in [0.25, 0.3) is 0 Å². The first-order valence-corrected chi connectivity index (χ1v) is 9.56. The minimum Gasteiger partial charge on any atom is -0.492 e. The summed E-state index contributed by atoms with van der Waals surface area (Å²) < 4.78 is 5.98. The molecule has 1 aliphatic rings. The molecule has 0 bridgehead atoms. The van der Waals surface area contributed by atoms with Crippen LogP contribution in [0.5, 0.6) is 5.75 Å². The van der Waals surface area contributed by atoms with E-state index in [1.54, 1.807) is 0 Å². The van der Waals surface area contributed by atoms with Crippen LogP contribution in [0.15, 0.2) is 42.5 Å². The number of nitrogens with one attached hydrogen (secondary N) is 1. The van der Waals surface area contributed by atoms with E-state index in [1.165, 1.54) is 16.7 Å². The van der Waals surface area contributed by atoms with Gasteiger partial charge in [-0.1, -0.05) is 43.6 Å². The van der Waals surface area contributed by atoms with Crippen LogP contribution in [-0.4, -0.2) is 37.7 Å². The van der Waals surface area contributed by atoms with Crippen molar-refractivity contribution in [1.29, 1.82) is 0 Å². The van der Waals surface area contributed by atoms with Crippen LogP contribution in [0.2, 0.25) is 5.02 Å². The van der Waals surface area contributed by atoms with Crippen LogP contribution in [0.3, 0.4) is 0 Å². The van der Waals surface area contributed by atoms with Crippen LogP contribution in [-0.2, 0) is 6.42 Å². The third kappa shape index (κ3) is 4.55. The smallest absolute Gasteiger partial charge is 0.119 e. The van der Waals surface area contributed by atoms with E-state index in [-0.39, 0.29) is 6.04 Å². The van der Waals surface area contributed by atoms with Gasteiger partial charge in [0.15, 0.2) is 0 Å². The monoisotopic (exact) mass is 358 g/mol. The maximum atomic E-state index is 6.17. The maximum absolute atomic E-state index is 6.17. The van der Waals surface area contributed by atoms with Crippen molar-refractivity contribution in [3.8, 4) is 5.75 Å². The minimum atomic E-state index is 0.201. The molecule has 134 valence electrons. The van der Waals surface area contributed by atoms with Gasteiger partial charge in [0.1, 0.15) is 12.4 Å². The molecule has 2 aromatic carbocycles. The molecule has 1 unspecified atom stereocenters. The molecule has 1 aliphatic heterocycles. The highest BCUT2D eigenvalue weighted by atomic mass is 35.5. The van der Waals surface area contributed by atoms with Crippen molar-refractivity contribution in [3.05, 3.63) is 64.2 Å². The molecular formula is C21H27ClN2O. The molecule has 0 spiro atoms. The summed E-state index contributed by atoms with van der Waals surface area (Å²) in [7, 11) is 0. The molecule has 1 heterocycles. The number of ether oxygens (including phenoxy) is 1. The molecule has 0 saturated heterocycles. The summed E-state index contributed by atoms with van der Waals surface area (Å²) in [5.41, 5.74) is 3.90. The lowest BCUT2D eigenvalue weighted by molar-refractivity contribution is 0.222. The molecule has 0 aromatic heterocycles. The summed E-state index contributed by atoms with van der Waals surface area (Å²) in [6.45, 7) is 9.17. The molecule has 3 rings (SSSR count). The van der Waals surface area contributed by atoms with Gasteiger partial charge < -0.3 is 15.0 Å². The minimum absolute atomic E-state index is 0.201. The fourth-order valence-electron chi connectivity index (χ4n) is 3.45. The number of benzene rings is 2. The molecule has 4 heteroatoms. The van der Waals surface area contributed by atoms with Gasteiger partial charge >= 0.3 is 0 Å². The van der Waals surface area contributed by atoms with Crippen molar-refractivity contribution < 1.29 is 4.74 Å². The summed E-state index contributed by atoms with van der Waals surface area (Å²) in [4.78, 5) is 2.37. The molecule has 2 aromatic rings. The Balaban J connectivity index is 1.72. The van der Waals surface area contributed by atoms with Crippen LogP contribution < -0.4 is 10.1 Å². The number of likely N-dealkylation sites (N-methyl/N-ethyl adjacent to an activating group) is 1. The van der Waals surface area contributed by atoms with E-state index in [0.29, 0.717) is 0 Å². The Morgan fingerprint density at radius 1 is 1.16 bits per heavy atom. The average Bonchev–Trinajstić information content (AvgIpc) is 2.64. The first-order chi connectivity index (χ1) is 12.2. The number of halogens is 1. The number of nitrogens with zero attached hydrogens (tertiary/aromatic N) is 1. The fraction of sp³-hybridized carbons (Fsp3) is 0.429. The van der Waals surface area contributed by atoms with Crippen molar-refractivity contribution in [3.63, 3.8) is 0 Å². The van der Waals surface area contributed by atoms with E-state index in [0.717, 1.165) is 50.0 Å². The first-order valence-electron chi connectivity index (χ1n) is 9.18. The van der Waals surface area contributed by atoms with E-state index in [2.05, 4.69) is 48.3 Å². The fourth-order valence-corrected chi connectivity index (χ4v) is 3.65. The Bertz CT molecular complexity index is 700. The van der Waals surface area contributed by atoms with Gasteiger partial charge in [-0.2, -0.15) is 0 Å². The molecule has 0 amide bonds. The Kier molecular flexibility index (Phi) is 6.35. The number of rotatable bonds is 7. The lowest BCUT2D eigenvalue weighted by atomic mass is 9.90. The van der Waals surface area contributed by atoms with Crippen molar-refractivity contribution in [2.24, 2.45) is 0 Å². The van der Waals surface area contributed by atoms with Gasteiger partial charge in [-0.05, 0) is 60.5 Å². The van der Waals surface area contributed by atoms with Gasteiger partial charge in [0.2, 0.25) is 0 Å². The van der Waals surface area contributed by atoms with E-state index in [4.69, 9.17) is 16.3 Å². The van der Waals surface area contributed by atoms with Crippen molar-refractivity contribution in [1.82, 2.24) is 10.2 Å². The van der Waals surface area contributed by atoms with E-state index >= 15 is 0 Å². The van der Waals surface area contributed by atoms with E-state index < -0.39 is 0 Å². The highest BCUT2D eigenvalue weighted by Crippen LogP contribution is 2.32. The average molecular weight is 359 g/mol. The first kappa shape index (κ1) is 18.2.